The maximum Gasteiger partial charge on any atom is 0.195 e. The minimum absolute atomic E-state index is 0.481. The molecule has 0 aliphatic heterocycles. The van der Waals surface area contributed by atoms with Crippen LogP contribution in [-0.4, -0.2) is 34.5 Å². The summed E-state index contributed by atoms with van der Waals surface area (Å²) in [6.07, 6.45) is 1.75. The van der Waals surface area contributed by atoms with Gasteiger partial charge in [0.05, 0.1) is 21.7 Å². The molecule has 0 unspecified atom stereocenters. The average molecular weight is 420 g/mol. The van der Waals surface area contributed by atoms with Gasteiger partial charge in [0.15, 0.2) is 21.9 Å². The van der Waals surface area contributed by atoms with E-state index in [9.17, 15) is 0 Å². The molecule has 3 aromatic heterocycles. The normalized spacial score (nSPS) is 11.3. The van der Waals surface area contributed by atoms with Gasteiger partial charge in [-0.05, 0) is 36.5 Å². The van der Waals surface area contributed by atoms with Crippen LogP contribution < -0.4 is 0 Å². The average Bonchev–Trinajstić information content (AvgIpc) is 3.27. The van der Waals surface area contributed by atoms with Crippen molar-refractivity contribution >= 4 is 46.0 Å². The zero-order valence-corrected chi connectivity index (χ0v) is 16.7. The van der Waals surface area contributed by atoms with Crippen LogP contribution in [0.1, 0.15) is 0 Å². The van der Waals surface area contributed by atoms with E-state index in [2.05, 4.69) is 16.8 Å². The van der Waals surface area contributed by atoms with Crippen molar-refractivity contribution in [1.82, 2.24) is 34.5 Å². The van der Waals surface area contributed by atoms with Crippen molar-refractivity contribution in [2.45, 2.75) is 6.54 Å². The Bertz CT molecular complexity index is 1450. The Balaban J connectivity index is 1.90. The molecule has 1 N–H and O–H groups in total. The number of H-pyrrole nitrogens is 1. The second kappa shape index (κ2) is 6.91. The first kappa shape index (κ1) is 17.7. The molecule has 0 spiro atoms. The first-order chi connectivity index (χ1) is 14.2. The standard InChI is InChI=1S/C20H14ClN7S/c1-2-11-27-19(24-25-20(27)29)17-16-18(23-14-9-5-4-8-13(14)22-16)28(26-17)15-10-6-3-7-12(15)21/h2-10H,1,11H2,(H,25,29). The van der Waals surface area contributed by atoms with Crippen molar-refractivity contribution in [2.24, 2.45) is 0 Å². The molecular formula is C20H14ClN7S. The Hall–Kier alpha value is -3.36. The van der Waals surface area contributed by atoms with E-state index >= 15 is 0 Å². The molecule has 9 heteroatoms. The number of hydrogen-bond acceptors (Lipinski definition) is 5. The number of nitrogens with zero attached hydrogens (tertiary/aromatic N) is 6. The second-order valence-electron chi connectivity index (χ2n) is 6.35. The lowest BCUT2D eigenvalue weighted by molar-refractivity contribution is 0.805. The summed E-state index contributed by atoms with van der Waals surface area (Å²) in [4.78, 5) is 9.63. The fourth-order valence-electron chi connectivity index (χ4n) is 3.23. The first-order valence-corrected chi connectivity index (χ1v) is 9.63. The van der Waals surface area contributed by atoms with E-state index < -0.39 is 0 Å². The molecule has 5 aromatic rings. The zero-order chi connectivity index (χ0) is 20.0. The highest BCUT2D eigenvalue weighted by atomic mass is 35.5. The minimum atomic E-state index is 0.481. The monoisotopic (exact) mass is 419 g/mol. The van der Waals surface area contributed by atoms with Gasteiger partial charge in [0.1, 0.15) is 5.52 Å². The number of aromatic amines is 1. The molecule has 0 amide bonds. The molecule has 2 aromatic carbocycles. The van der Waals surface area contributed by atoms with E-state index in [1.54, 1.807) is 10.8 Å². The van der Waals surface area contributed by atoms with Crippen molar-refractivity contribution in [3.63, 3.8) is 0 Å². The highest BCUT2D eigenvalue weighted by Crippen LogP contribution is 2.30. The molecule has 0 saturated carbocycles. The molecule has 0 saturated heterocycles. The van der Waals surface area contributed by atoms with Crippen molar-refractivity contribution < 1.29 is 0 Å². The summed E-state index contributed by atoms with van der Waals surface area (Å²) in [6.45, 7) is 4.29. The third-order valence-corrected chi connectivity index (χ3v) is 5.17. The number of benzene rings is 2. The predicted molar refractivity (Wildman–Crippen MR) is 116 cm³/mol. The van der Waals surface area contributed by atoms with E-state index in [0.29, 0.717) is 44.7 Å². The van der Waals surface area contributed by atoms with Crippen LogP contribution in [0.5, 0.6) is 0 Å². The number of para-hydroxylation sites is 3. The van der Waals surface area contributed by atoms with Crippen molar-refractivity contribution in [3.8, 4) is 17.2 Å². The summed E-state index contributed by atoms with van der Waals surface area (Å²) >= 11 is 11.8. The number of nitrogens with one attached hydrogen (secondary N) is 1. The molecule has 0 radical (unpaired) electrons. The molecule has 0 aliphatic carbocycles. The Morgan fingerprint density at radius 3 is 2.55 bits per heavy atom. The minimum Gasteiger partial charge on any atom is -0.295 e. The molecule has 0 atom stereocenters. The molecular weight excluding hydrogens is 406 g/mol. The van der Waals surface area contributed by atoms with E-state index in [0.717, 1.165) is 11.0 Å². The number of fused-ring (bicyclic) bond motifs is 2. The molecule has 0 bridgehead atoms. The number of aromatic nitrogens is 7. The summed E-state index contributed by atoms with van der Waals surface area (Å²) in [5.74, 6) is 0.565. The van der Waals surface area contributed by atoms with Gasteiger partial charge in [-0.3, -0.25) is 9.67 Å². The van der Waals surface area contributed by atoms with Crippen LogP contribution in [0.4, 0.5) is 0 Å². The quantitative estimate of drug-likeness (QED) is 0.336. The molecule has 7 nitrogen and oxygen atoms in total. The van der Waals surface area contributed by atoms with Crippen LogP contribution in [0.3, 0.4) is 0 Å². The van der Waals surface area contributed by atoms with Crippen LogP contribution in [0.15, 0.2) is 61.2 Å². The summed E-state index contributed by atoms with van der Waals surface area (Å²) < 4.78 is 3.99. The second-order valence-corrected chi connectivity index (χ2v) is 7.14. The lowest BCUT2D eigenvalue weighted by Crippen LogP contribution is -2.01. The van der Waals surface area contributed by atoms with Crippen LogP contribution in [0, 0.1) is 4.77 Å². The first-order valence-electron chi connectivity index (χ1n) is 8.84. The van der Waals surface area contributed by atoms with Gasteiger partial charge in [-0.15, -0.1) is 6.58 Å². The highest BCUT2D eigenvalue weighted by molar-refractivity contribution is 7.71. The molecule has 142 valence electrons. The summed E-state index contributed by atoms with van der Waals surface area (Å²) in [5, 5.41) is 12.6. The van der Waals surface area contributed by atoms with Crippen LogP contribution in [0.25, 0.3) is 39.4 Å². The maximum absolute atomic E-state index is 6.45. The van der Waals surface area contributed by atoms with Gasteiger partial charge in [-0.2, -0.15) is 10.2 Å². The van der Waals surface area contributed by atoms with Crippen LogP contribution in [-0.2, 0) is 6.54 Å². The summed E-state index contributed by atoms with van der Waals surface area (Å²) in [5.41, 5.74) is 4.01. The maximum atomic E-state index is 6.45. The Morgan fingerprint density at radius 1 is 1.07 bits per heavy atom. The smallest absolute Gasteiger partial charge is 0.195 e. The van der Waals surface area contributed by atoms with Gasteiger partial charge in [0.2, 0.25) is 0 Å². The summed E-state index contributed by atoms with van der Waals surface area (Å²) in [7, 11) is 0. The van der Waals surface area contributed by atoms with Crippen molar-refractivity contribution in [2.75, 3.05) is 0 Å². The Morgan fingerprint density at radius 2 is 1.79 bits per heavy atom. The Kier molecular flexibility index (Phi) is 4.22. The van der Waals surface area contributed by atoms with Crippen LogP contribution in [0.2, 0.25) is 5.02 Å². The van der Waals surface area contributed by atoms with Gasteiger partial charge in [0, 0.05) is 6.54 Å². The topological polar surface area (TPSA) is 77.2 Å². The van der Waals surface area contributed by atoms with Crippen LogP contribution >= 0.6 is 23.8 Å². The Labute approximate surface area is 175 Å². The SMILES string of the molecule is C=CCn1c(-c2nn(-c3ccccc3Cl)c3nc4ccccc4nc23)n[nH]c1=S. The fraction of sp³-hybridized carbons (Fsp3) is 0.0500. The molecule has 5 rings (SSSR count). The predicted octanol–water partition coefficient (Wildman–Crippen LogP) is 4.73. The van der Waals surface area contributed by atoms with Gasteiger partial charge in [-0.25, -0.2) is 14.6 Å². The molecule has 29 heavy (non-hydrogen) atoms. The number of rotatable bonds is 4. The molecule has 3 heterocycles. The zero-order valence-electron chi connectivity index (χ0n) is 15.1. The fourth-order valence-corrected chi connectivity index (χ4v) is 3.65. The van der Waals surface area contributed by atoms with Gasteiger partial charge < -0.3 is 0 Å². The highest BCUT2D eigenvalue weighted by Gasteiger charge is 2.22. The van der Waals surface area contributed by atoms with E-state index in [4.69, 9.17) is 38.9 Å². The lowest BCUT2D eigenvalue weighted by atomic mass is 10.2. The van der Waals surface area contributed by atoms with Crippen molar-refractivity contribution in [1.29, 1.82) is 0 Å². The van der Waals surface area contributed by atoms with E-state index in [-0.39, 0.29) is 0 Å². The molecule has 0 aliphatic rings. The molecule has 0 fully saturated rings. The third kappa shape index (κ3) is 2.84. The van der Waals surface area contributed by atoms with Gasteiger partial charge >= 0.3 is 0 Å². The largest absolute Gasteiger partial charge is 0.295 e. The van der Waals surface area contributed by atoms with Gasteiger partial charge in [-0.1, -0.05) is 41.9 Å². The van der Waals surface area contributed by atoms with E-state index in [1.807, 2.05) is 53.1 Å². The van der Waals surface area contributed by atoms with Gasteiger partial charge in [0.25, 0.3) is 0 Å². The number of allylic oxidation sites excluding steroid dienone is 1. The number of halogens is 1. The van der Waals surface area contributed by atoms with Crippen molar-refractivity contribution in [3.05, 3.63) is 71.0 Å². The van der Waals surface area contributed by atoms with E-state index in [1.165, 1.54) is 0 Å². The number of hydrogen-bond donors (Lipinski definition) is 1. The summed E-state index contributed by atoms with van der Waals surface area (Å²) in [6, 6.07) is 15.1. The third-order valence-electron chi connectivity index (χ3n) is 4.54. The lowest BCUT2D eigenvalue weighted by Gasteiger charge is -2.05.